The molecule has 0 aromatic heterocycles. The Balaban J connectivity index is 1.81. The van der Waals surface area contributed by atoms with Crippen LogP contribution in [0.15, 0.2) is 23.3 Å². The van der Waals surface area contributed by atoms with E-state index in [2.05, 4.69) is 10.5 Å². The fourth-order valence-corrected chi connectivity index (χ4v) is 2.76. The van der Waals surface area contributed by atoms with Crippen LogP contribution in [-0.2, 0) is 4.79 Å². The zero-order valence-corrected chi connectivity index (χ0v) is 11.6. The zero-order chi connectivity index (χ0) is 14.4. The summed E-state index contributed by atoms with van der Waals surface area (Å²) in [5.74, 6) is 0.452. The minimum Gasteiger partial charge on any atom is -0.293 e. The molecular weight excluding hydrogens is 284 g/mol. The first kappa shape index (κ1) is 14.9. The predicted molar refractivity (Wildman–Crippen MR) is 75.9 cm³/mol. The lowest BCUT2D eigenvalue weighted by atomic mass is 10.2. The smallest absolute Gasteiger partial charge is 0.254 e. The van der Waals surface area contributed by atoms with Gasteiger partial charge >= 0.3 is 0 Å². The molecule has 1 N–H and O–H groups in total. The number of hydrogen-bond acceptors (Lipinski definition) is 4. The minimum absolute atomic E-state index is 0.126. The lowest BCUT2D eigenvalue weighted by molar-refractivity contribution is -0.122. The van der Waals surface area contributed by atoms with Gasteiger partial charge in [-0.3, -0.25) is 9.69 Å². The Morgan fingerprint density at radius 3 is 2.85 bits per heavy atom. The molecule has 1 fully saturated rings. The third kappa shape index (κ3) is 4.57. The van der Waals surface area contributed by atoms with Crippen LogP contribution in [0.5, 0.6) is 0 Å². The molecule has 0 atom stereocenters. The van der Waals surface area contributed by atoms with Crippen LogP contribution in [0.25, 0.3) is 0 Å². The Kier molecular flexibility index (Phi) is 5.49. The Bertz CT molecular complexity index is 504. The number of halogens is 2. The van der Waals surface area contributed by atoms with E-state index < -0.39 is 11.6 Å². The molecule has 108 valence electrons. The Morgan fingerprint density at radius 2 is 2.15 bits per heavy atom. The summed E-state index contributed by atoms with van der Waals surface area (Å²) in [6.45, 7) is 2.05. The number of nitrogens with zero attached hydrogens (tertiary/aromatic N) is 2. The van der Waals surface area contributed by atoms with Gasteiger partial charge in [-0.1, -0.05) is 0 Å². The van der Waals surface area contributed by atoms with Gasteiger partial charge in [0.25, 0.3) is 5.91 Å². The second kappa shape index (κ2) is 7.35. The van der Waals surface area contributed by atoms with Crippen LogP contribution in [0.4, 0.5) is 8.78 Å². The third-order valence-corrected chi connectivity index (χ3v) is 3.77. The summed E-state index contributed by atoms with van der Waals surface area (Å²) in [7, 11) is 0. The van der Waals surface area contributed by atoms with Gasteiger partial charge < -0.3 is 0 Å². The van der Waals surface area contributed by atoms with Crippen molar-refractivity contribution in [3.05, 3.63) is 35.4 Å². The minimum atomic E-state index is -0.712. The summed E-state index contributed by atoms with van der Waals surface area (Å²) in [4.78, 5) is 13.7. The van der Waals surface area contributed by atoms with E-state index in [1.807, 2.05) is 16.7 Å². The number of carbonyl (C=O) groups is 1. The molecule has 2 rings (SSSR count). The van der Waals surface area contributed by atoms with Crippen molar-refractivity contribution in [2.45, 2.75) is 0 Å². The number of rotatable bonds is 4. The normalized spacial score (nSPS) is 16.5. The molecule has 0 radical (unpaired) electrons. The molecule has 1 aliphatic heterocycles. The van der Waals surface area contributed by atoms with Gasteiger partial charge in [0.15, 0.2) is 0 Å². The highest BCUT2D eigenvalue weighted by Crippen LogP contribution is 2.08. The molecule has 0 unspecified atom stereocenters. The third-order valence-electron chi connectivity index (χ3n) is 2.83. The van der Waals surface area contributed by atoms with E-state index in [-0.39, 0.29) is 18.0 Å². The van der Waals surface area contributed by atoms with Crippen LogP contribution < -0.4 is 5.43 Å². The predicted octanol–water partition coefficient (Wildman–Crippen LogP) is 1.46. The van der Waals surface area contributed by atoms with Gasteiger partial charge in [-0.15, -0.1) is 0 Å². The molecule has 4 nitrogen and oxygen atoms in total. The molecule has 1 heterocycles. The summed E-state index contributed by atoms with van der Waals surface area (Å²) >= 11 is 1.87. The van der Waals surface area contributed by atoms with E-state index in [1.54, 1.807) is 0 Å². The fourth-order valence-electron chi connectivity index (χ4n) is 1.78. The second-order valence-corrected chi connectivity index (χ2v) is 5.57. The SMILES string of the molecule is O=C(CN1CCSCC1)NN=Cc1ccc(F)cc1F. The van der Waals surface area contributed by atoms with Crippen molar-refractivity contribution in [3.63, 3.8) is 0 Å². The summed E-state index contributed by atoms with van der Waals surface area (Å²) in [5.41, 5.74) is 2.47. The van der Waals surface area contributed by atoms with E-state index in [9.17, 15) is 13.6 Å². The molecule has 20 heavy (non-hydrogen) atoms. The van der Waals surface area contributed by atoms with Gasteiger partial charge in [-0.25, -0.2) is 14.2 Å². The average Bonchev–Trinajstić information content (AvgIpc) is 2.42. The molecule has 1 aromatic carbocycles. The first-order chi connectivity index (χ1) is 9.65. The first-order valence-electron chi connectivity index (χ1n) is 6.22. The van der Waals surface area contributed by atoms with Gasteiger partial charge in [-0.2, -0.15) is 16.9 Å². The van der Waals surface area contributed by atoms with Crippen LogP contribution in [-0.4, -0.2) is 48.2 Å². The molecule has 0 saturated carbocycles. The van der Waals surface area contributed by atoms with E-state index in [0.29, 0.717) is 0 Å². The Labute approximate surface area is 120 Å². The van der Waals surface area contributed by atoms with Crippen molar-refractivity contribution in [1.82, 2.24) is 10.3 Å². The van der Waals surface area contributed by atoms with Crippen molar-refractivity contribution in [3.8, 4) is 0 Å². The van der Waals surface area contributed by atoms with E-state index in [1.165, 1.54) is 12.3 Å². The Morgan fingerprint density at radius 1 is 1.40 bits per heavy atom. The fraction of sp³-hybridized carbons (Fsp3) is 0.385. The largest absolute Gasteiger partial charge is 0.293 e. The number of carbonyl (C=O) groups excluding carboxylic acids is 1. The number of nitrogens with one attached hydrogen (secondary N) is 1. The summed E-state index contributed by atoms with van der Waals surface area (Å²) in [5, 5.41) is 3.68. The maximum atomic E-state index is 13.3. The van der Waals surface area contributed by atoms with Crippen LogP contribution in [0.2, 0.25) is 0 Å². The van der Waals surface area contributed by atoms with E-state index in [0.717, 1.165) is 36.7 Å². The molecule has 1 amide bonds. The molecule has 0 spiro atoms. The number of thioether (sulfide) groups is 1. The standard InChI is InChI=1S/C13H15F2N3OS/c14-11-2-1-10(12(15)7-11)8-16-17-13(19)9-18-3-5-20-6-4-18/h1-2,7-8H,3-6,9H2,(H,17,19). The van der Waals surface area contributed by atoms with Crippen LogP contribution in [0.1, 0.15) is 5.56 Å². The summed E-state index contributed by atoms with van der Waals surface area (Å²) in [6, 6.07) is 3.18. The zero-order valence-electron chi connectivity index (χ0n) is 10.8. The number of hydrazone groups is 1. The number of amides is 1. The van der Waals surface area contributed by atoms with Gasteiger partial charge in [0, 0.05) is 36.2 Å². The van der Waals surface area contributed by atoms with Crippen LogP contribution in [0.3, 0.4) is 0 Å². The topological polar surface area (TPSA) is 44.7 Å². The highest BCUT2D eigenvalue weighted by molar-refractivity contribution is 7.99. The van der Waals surface area contributed by atoms with Crippen LogP contribution >= 0.6 is 11.8 Å². The monoisotopic (exact) mass is 299 g/mol. The van der Waals surface area contributed by atoms with Gasteiger partial charge in [0.05, 0.1) is 12.8 Å². The highest BCUT2D eigenvalue weighted by Gasteiger charge is 2.13. The van der Waals surface area contributed by atoms with Gasteiger partial charge in [0.2, 0.25) is 0 Å². The molecule has 1 aromatic rings. The maximum Gasteiger partial charge on any atom is 0.254 e. The number of benzene rings is 1. The quantitative estimate of drug-likeness (QED) is 0.676. The van der Waals surface area contributed by atoms with Gasteiger partial charge in [0.1, 0.15) is 11.6 Å². The molecule has 0 bridgehead atoms. The highest BCUT2D eigenvalue weighted by atomic mass is 32.2. The first-order valence-corrected chi connectivity index (χ1v) is 7.37. The molecule has 1 saturated heterocycles. The second-order valence-electron chi connectivity index (χ2n) is 4.35. The van der Waals surface area contributed by atoms with E-state index >= 15 is 0 Å². The van der Waals surface area contributed by atoms with Gasteiger partial charge in [-0.05, 0) is 12.1 Å². The molecular formula is C13H15F2N3OS. The van der Waals surface area contributed by atoms with Crippen molar-refractivity contribution < 1.29 is 13.6 Å². The lowest BCUT2D eigenvalue weighted by Gasteiger charge is -2.24. The maximum absolute atomic E-state index is 13.3. The van der Waals surface area contributed by atoms with Crippen LogP contribution in [0, 0.1) is 11.6 Å². The van der Waals surface area contributed by atoms with Crippen molar-refractivity contribution in [2.75, 3.05) is 31.1 Å². The molecule has 1 aliphatic rings. The number of hydrogen-bond donors (Lipinski definition) is 1. The average molecular weight is 299 g/mol. The Hall–Kier alpha value is -1.47. The lowest BCUT2D eigenvalue weighted by Crippen LogP contribution is -2.40. The molecule has 0 aliphatic carbocycles. The molecule has 7 heteroatoms. The van der Waals surface area contributed by atoms with Crippen molar-refractivity contribution in [2.24, 2.45) is 5.10 Å². The summed E-state index contributed by atoms with van der Waals surface area (Å²) in [6.07, 6.45) is 1.17. The summed E-state index contributed by atoms with van der Waals surface area (Å²) < 4.78 is 26.0. The van der Waals surface area contributed by atoms with E-state index in [4.69, 9.17) is 0 Å². The van der Waals surface area contributed by atoms with Crippen molar-refractivity contribution in [1.29, 1.82) is 0 Å². The van der Waals surface area contributed by atoms with Crippen molar-refractivity contribution >= 4 is 23.9 Å².